The summed E-state index contributed by atoms with van der Waals surface area (Å²) in [6.07, 6.45) is 2.24. The minimum atomic E-state index is -1.81. The Kier molecular flexibility index (Phi) is 28.3. The molecule has 1 fully saturated rings. The van der Waals surface area contributed by atoms with Crippen molar-refractivity contribution in [1.82, 2.24) is 52.0 Å². The molecule has 1 aliphatic heterocycles. The Morgan fingerprint density at radius 2 is 1.17 bits per heavy atom. The maximum atomic E-state index is 15.1. The average molecular weight is 1300 g/mol. The van der Waals surface area contributed by atoms with Crippen LogP contribution in [0.2, 0.25) is 0 Å². The Hall–Kier alpha value is -9.89. The smallest absolute Gasteiger partial charge is 0.326 e. The normalized spacial score (nSPS) is 20.4. The van der Waals surface area contributed by atoms with Crippen LogP contribution in [0.25, 0.3) is 10.9 Å². The fourth-order valence-corrected chi connectivity index (χ4v) is 11.0. The van der Waals surface area contributed by atoms with Crippen molar-refractivity contribution in [1.29, 1.82) is 0 Å². The monoisotopic (exact) mass is 1300 g/mol. The van der Waals surface area contributed by atoms with Crippen LogP contribution in [0, 0.1) is 11.8 Å². The first kappa shape index (κ1) is 73.2. The number of rotatable bonds is 22. The number of aromatic amines is 1. The topological polar surface area (TPSA) is 421 Å². The lowest BCUT2D eigenvalue weighted by atomic mass is 9.97. The first-order chi connectivity index (χ1) is 44.9. The number of benzene rings is 4. The minimum absolute atomic E-state index is 0.0246. The highest BCUT2D eigenvalue weighted by Crippen LogP contribution is 2.22. The number of para-hydroxylation sites is 1. The SMILES string of the molecule is CC(=O)N1CCCC[C@H](CN[C@H](C=O)Cc2ccc(O)cc2)C(=O)N[C@@H](Cc2c[nH]c3ccccc23)C(=O)NC(CO)C(=O)N[C@@H](CCC(N)=O)C(=O)NC(Cc2ccc(O)cc2)C(=O)N[C@@H](CC(C)C)C(=O)N(CC(=O)N[C@@H](Cc2ccc(O)cc2)C(=O)O)CCCC1. The maximum absolute atomic E-state index is 15.1. The van der Waals surface area contributed by atoms with Crippen LogP contribution in [-0.2, 0) is 78.4 Å². The second-order valence-corrected chi connectivity index (χ2v) is 24.1. The summed E-state index contributed by atoms with van der Waals surface area (Å²) in [5.74, 6) is -10.3. The molecule has 506 valence electrons. The highest BCUT2D eigenvalue weighted by Gasteiger charge is 2.36. The second-order valence-electron chi connectivity index (χ2n) is 24.1. The summed E-state index contributed by atoms with van der Waals surface area (Å²) in [5, 5.41) is 70.4. The maximum Gasteiger partial charge on any atom is 0.326 e. The van der Waals surface area contributed by atoms with Gasteiger partial charge in [-0.25, -0.2) is 4.79 Å². The fourth-order valence-electron chi connectivity index (χ4n) is 11.0. The molecule has 2 heterocycles. The van der Waals surface area contributed by atoms with Gasteiger partial charge in [0.05, 0.1) is 25.1 Å². The van der Waals surface area contributed by atoms with Gasteiger partial charge in [0.15, 0.2) is 0 Å². The third kappa shape index (κ3) is 23.3. The summed E-state index contributed by atoms with van der Waals surface area (Å²) in [7, 11) is 0. The number of amides is 9. The van der Waals surface area contributed by atoms with Crippen LogP contribution < -0.4 is 43.0 Å². The molecule has 4 aromatic carbocycles. The average Bonchev–Trinajstić information content (AvgIpc) is 1.67. The number of nitrogens with two attached hydrogens (primary N) is 1. The van der Waals surface area contributed by atoms with Crippen LogP contribution in [-0.4, -0.2) is 187 Å². The molecule has 27 nitrogen and oxygen atoms in total. The van der Waals surface area contributed by atoms with Crippen molar-refractivity contribution >= 4 is 76.3 Å². The van der Waals surface area contributed by atoms with Crippen molar-refractivity contribution in [2.45, 2.75) is 140 Å². The number of primary amides is 1. The third-order valence-electron chi connectivity index (χ3n) is 16.2. The van der Waals surface area contributed by atoms with Gasteiger partial charge in [0.1, 0.15) is 59.8 Å². The van der Waals surface area contributed by atoms with Crippen LogP contribution >= 0.6 is 0 Å². The van der Waals surface area contributed by atoms with Crippen LogP contribution in [0.3, 0.4) is 0 Å². The molecule has 0 saturated carbocycles. The van der Waals surface area contributed by atoms with Crippen LogP contribution in [0.15, 0.2) is 103 Å². The standard InChI is InChI=1S/C67H87N11O16/c1-40(2)30-56-66(92)78(37-60(86)71-57(67(93)94)33-44-17-23-50(84)24-18-44)29-9-8-28-77(41(3)81)27-7-6-10-45(35-69-47(38-79)31-42-13-19-48(82)20-14-42)61(87)73-55(34-46-36-70-52-12-5-4-11-51(46)52)64(90)76-58(39-80)65(91)72-53(25-26-59(68)85)62(88)74-54(63(89)75-56)32-43-15-21-49(83)22-16-43/h4-5,11-24,36,38,40,45,47,53-58,69-70,80,82-84H,6-10,25-35,37,39H2,1-3H3,(H2,68,85)(H,71,86)(H,72,91)(H,73,87)(H,74,88)(H,75,89)(H,76,90)(H,93,94)/t45-,47+,53+,54?,55+,56+,57+,58?/m1/s1. The van der Waals surface area contributed by atoms with Gasteiger partial charge in [-0.15, -0.1) is 0 Å². The van der Waals surface area contributed by atoms with Crippen molar-refractivity contribution in [2.75, 3.05) is 39.3 Å². The van der Waals surface area contributed by atoms with E-state index in [2.05, 4.69) is 42.2 Å². The summed E-state index contributed by atoms with van der Waals surface area (Å²) in [6, 6.07) is 14.6. The zero-order valence-corrected chi connectivity index (χ0v) is 53.0. The molecule has 0 bridgehead atoms. The van der Waals surface area contributed by atoms with E-state index >= 15 is 4.79 Å². The van der Waals surface area contributed by atoms with Crippen molar-refractivity contribution in [3.8, 4) is 17.2 Å². The molecule has 27 heteroatoms. The number of hydrogen-bond acceptors (Lipinski definition) is 16. The summed E-state index contributed by atoms with van der Waals surface area (Å²) in [4.78, 5) is 159. The fraction of sp³-hybridized carbons (Fsp3) is 0.448. The molecule has 94 heavy (non-hydrogen) atoms. The lowest BCUT2D eigenvalue weighted by Crippen LogP contribution is -2.60. The predicted octanol–water partition coefficient (Wildman–Crippen LogP) is 1.27. The molecule has 1 aliphatic rings. The van der Waals surface area contributed by atoms with Crippen LogP contribution in [0.1, 0.15) is 94.4 Å². The van der Waals surface area contributed by atoms with Crippen molar-refractivity contribution in [2.24, 2.45) is 17.6 Å². The number of aromatic nitrogens is 1. The molecule has 0 spiro atoms. The Labute approximate surface area is 544 Å². The Morgan fingerprint density at radius 1 is 0.649 bits per heavy atom. The number of carboxylic acid groups (broad SMARTS) is 1. The molecule has 5 aromatic rings. The molecule has 2 unspecified atom stereocenters. The number of nitrogens with one attached hydrogen (secondary N) is 8. The second kappa shape index (κ2) is 36.4. The number of aldehydes is 1. The number of aromatic hydroxyl groups is 3. The molecule has 9 amide bonds. The summed E-state index contributed by atoms with van der Waals surface area (Å²) < 4.78 is 0. The number of carbonyl (C=O) groups is 11. The number of carbonyl (C=O) groups excluding carboxylic acids is 10. The number of carboxylic acids is 1. The third-order valence-corrected chi connectivity index (χ3v) is 16.2. The first-order valence-electron chi connectivity index (χ1n) is 31.4. The van der Waals surface area contributed by atoms with Gasteiger partial charge < -0.3 is 88.1 Å². The van der Waals surface area contributed by atoms with Gasteiger partial charge in [0.2, 0.25) is 53.2 Å². The van der Waals surface area contributed by atoms with Crippen molar-refractivity contribution in [3.05, 3.63) is 126 Å². The number of phenolic OH excluding ortho intramolecular Hbond substituents is 3. The highest BCUT2D eigenvalue weighted by atomic mass is 16.4. The highest BCUT2D eigenvalue weighted by molar-refractivity contribution is 5.98. The number of aliphatic carboxylic acids is 1. The minimum Gasteiger partial charge on any atom is -0.508 e. The number of phenols is 3. The van der Waals surface area contributed by atoms with Gasteiger partial charge in [0, 0.05) is 75.9 Å². The predicted molar refractivity (Wildman–Crippen MR) is 345 cm³/mol. The van der Waals surface area contributed by atoms with Gasteiger partial charge in [-0.05, 0) is 116 Å². The number of nitrogens with zero attached hydrogens (tertiary/aromatic N) is 2. The Bertz CT molecular complexity index is 3400. The molecule has 1 aromatic heterocycles. The Balaban J connectivity index is 1.38. The molecular weight excluding hydrogens is 1210 g/mol. The van der Waals surface area contributed by atoms with Crippen molar-refractivity contribution in [3.63, 3.8) is 0 Å². The number of aliphatic hydroxyl groups excluding tert-OH is 1. The van der Waals surface area contributed by atoms with Gasteiger partial charge in [0.25, 0.3) is 0 Å². The molecule has 8 atom stereocenters. The summed E-state index contributed by atoms with van der Waals surface area (Å²) in [6.45, 7) is 3.34. The first-order valence-corrected chi connectivity index (χ1v) is 31.4. The number of H-pyrrole nitrogens is 1. The van der Waals surface area contributed by atoms with Gasteiger partial charge >= 0.3 is 5.97 Å². The van der Waals surface area contributed by atoms with Gasteiger partial charge in [-0.3, -0.25) is 43.2 Å². The largest absolute Gasteiger partial charge is 0.508 e. The molecule has 0 radical (unpaired) electrons. The van der Waals surface area contributed by atoms with E-state index in [4.69, 9.17) is 5.73 Å². The number of hydrogen-bond donors (Lipinski definition) is 14. The summed E-state index contributed by atoms with van der Waals surface area (Å²) in [5.41, 5.74) is 8.42. The van der Waals surface area contributed by atoms with Gasteiger partial charge in [-0.1, -0.05) is 74.9 Å². The molecule has 6 rings (SSSR count). The molecular formula is C67H87N11O16. The van der Waals surface area contributed by atoms with E-state index in [1.165, 1.54) is 67.6 Å². The van der Waals surface area contributed by atoms with E-state index in [1.54, 1.807) is 55.3 Å². The van der Waals surface area contributed by atoms with E-state index in [0.29, 0.717) is 52.3 Å². The van der Waals surface area contributed by atoms with E-state index in [-0.39, 0.29) is 107 Å². The van der Waals surface area contributed by atoms with Crippen molar-refractivity contribution < 1.29 is 78.3 Å². The van der Waals surface area contributed by atoms with E-state index in [0.717, 1.165) is 4.90 Å². The lowest BCUT2D eigenvalue weighted by molar-refractivity contribution is -0.143. The van der Waals surface area contributed by atoms with Crippen LogP contribution in [0.5, 0.6) is 17.2 Å². The van der Waals surface area contributed by atoms with Crippen LogP contribution in [0.4, 0.5) is 0 Å². The summed E-state index contributed by atoms with van der Waals surface area (Å²) >= 11 is 0. The quantitative estimate of drug-likeness (QED) is 0.0434. The molecule has 1 saturated heterocycles. The van der Waals surface area contributed by atoms with E-state index < -0.39 is 127 Å². The zero-order chi connectivity index (χ0) is 68.4. The van der Waals surface area contributed by atoms with E-state index in [1.807, 2.05) is 6.07 Å². The molecule has 0 aliphatic carbocycles. The Morgan fingerprint density at radius 3 is 1.76 bits per heavy atom. The lowest BCUT2D eigenvalue weighted by Gasteiger charge is -2.31. The molecule has 15 N–H and O–H groups in total. The number of fused-ring (bicyclic) bond motifs is 1. The van der Waals surface area contributed by atoms with E-state index in [9.17, 15) is 73.5 Å². The zero-order valence-electron chi connectivity index (χ0n) is 53.0. The number of aliphatic hydroxyl groups is 1. The van der Waals surface area contributed by atoms with Gasteiger partial charge in [-0.2, -0.15) is 0 Å².